The van der Waals surface area contributed by atoms with Gasteiger partial charge in [-0.2, -0.15) is 0 Å². The Labute approximate surface area is 368 Å². The van der Waals surface area contributed by atoms with Crippen molar-refractivity contribution in [3.63, 3.8) is 0 Å². The quantitative estimate of drug-likeness (QED) is 0.0673. The molecule has 0 bridgehead atoms. The smallest absolute Gasteiger partial charge is 0.0160 e. The molecule has 6 rings (SSSR count). The molecule has 314 valence electrons. The fourth-order valence-electron chi connectivity index (χ4n) is 9.40. The first-order valence-corrected chi connectivity index (χ1v) is 26.3. The predicted molar refractivity (Wildman–Crippen MR) is 270 cm³/mol. The molecule has 0 aromatic heterocycles. The van der Waals surface area contributed by atoms with Crippen molar-refractivity contribution >= 4 is 37.1 Å². The van der Waals surface area contributed by atoms with Gasteiger partial charge in [0.15, 0.2) is 0 Å². The van der Waals surface area contributed by atoms with E-state index in [1.165, 1.54) is 55.6 Å². The van der Waals surface area contributed by atoms with Crippen LogP contribution in [0, 0.1) is 5.92 Å². The normalized spacial score (nSPS) is 13.2. The summed E-state index contributed by atoms with van der Waals surface area (Å²) in [5, 5.41) is 6.19. The average Bonchev–Trinajstić information content (AvgIpc) is 3.31. The van der Waals surface area contributed by atoms with Gasteiger partial charge in [0, 0.05) is 11.3 Å². The van der Waals surface area contributed by atoms with Crippen LogP contribution in [0.15, 0.2) is 133 Å². The fourth-order valence-corrected chi connectivity index (χ4v) is 16.2. The molecule has 0 heterocycles. The molecule has 0 aliphatic carbocycles. The number of rotatable bonds is 20. The van der Waals surface area contributed by atoms with Gasteiger partial charge in [0.25, 0.3) is 0 Å². The van der Waals surface area contributed by atoms with Gasteiger partial charge in [-0.3, -0.25) is 0 Å². The second-order valence-electron chi connectivity index (χ2n) is 16.8. The summed E-state index contributed by atoms with van der Waals surface area (Å²) in [5.41, 5.74) is 15.3. The van der Waals surface area contributed by atoms with Crippen molar-refractivity contribution in [1.29, 1.82) is 0 Å². The lowest BCUT2D eigenvalue weighted by Gasteiger charge is -2.43. The summed E-state index contributed by atoms with van der Waals surface area (Å²) < 4.78 is 0. The number of hydrogen-bond acceptors (Lipinski definition) is 0. The highest BCUT2D eigenvalue weighted by Crippen LogP contribution is 2.65. The first-order chi connectivity index (χ1) is 29.3. The highest BCUT2D eigenvalue weighted by molar-refractivity contribution is 7.74. The Balaban J connectivity index is 1.77. The maximum atomic E-state index is 2.62. The van der Waals surface area contributed by atoms with Crippen molar-refractivity contribution in [3.8, 4) is 0 Å². The van der Waals surface area contributed by atoms with Crippen LogP contribution in [0.25, 0.3) is 0 Å². The molecular formula is C58H72P2. The summed E-state index contributed by atoms with van der Waals surface area (Å²) in [6, 6.07) is 54.5. The van der Waals surface area contributed by atoms with Gasteiger partial charge in [-0.05, 0) is 156 Å². The standard InChI is InChI=1S/C58H72P2/c1-10-25-56(57(50-26-21-19-22-27-50)59(52-34-42(11-2)30-43(12-3)35-52)53-36-44(13-4)31-45(14-5)37-53)58(51-28-23-20-24-29-51)60(54-38-46(15-6)32-47(16-7)39-54)55-40-48(17-8)33-49(18-9)41-55/h19-24,26-41,56-58H,10-18,25H2,1-9H3. The van der Waals surface area contributed by atoms with Gasteiger partial charge >= 0.3 is 0 Å². The minimum absolute atomic E-state index is 0.296. The van der Waals surface area contributed by atoms with E-state index in [0.29, 0.717) is 17.2 Å². The summed E-state index contributed by atoms with van der Waals surface area (Å²) in [4.78, 5) is 0. The molecule has 0 fully saturated rings. The van der Waals surface area contributed by atoms with Crippen molar-refractivity contribution < 1.29 is 0 Å². The molecule has 2 heteroatoms. The first-order valence-electron chi connectivity index (χ1n) is 23.5. The zero-order chi connectivity index (χ0) is 42.6. The Morgan fingerprint density at radius 1 is 0.317 bits per heavy atom. The topological polar surface area (TPSA) is 0 Å². The van der Waals surface area contributed by atoms with Gasteiger partial charge in [-0.1, -0.05) is 202 Å². The molecule has 0 aliphatic heterocycles. The van der Waals surface area contributed by atoms with Crippen LogP contribution >= 0.6 is 15.8 Å². The second kappa shape index (κ2) is 22.3. The molecule has 0 radical (unpaired) electrons. The van der Waals surface area contributed by atoms with E-state index in [4.69, 9.17) is 0 Å². The van der Waals surface area contributed by atoms with Crippen molar-refractivity contribution in [2.24, 2.45) is 5.92 Å². The number of hydrogen-bond donors (Lipinski definition) is 0. The Hall–Kier alpha value is -3.82. The van der Waals surface area contributed by atoms with Crippen LogP contribution in [0.1, 0.15) is 142 Å². The Morgan fingerprint density at radius 2 is 0.550 bits per heavy atom. The zero-order valence-electron chi connectivity index (χ0n) is 38.4. The molecule has 0 spiro atoms. The Kier molecular flexibility index (Phi) is 17.0. The molecule has 0 aliphatic rings. The van der Waals surface area contributed by atoms with Gasteiger partial charge in [0.1, 0.15) is 0 Å². The van der Waals surface area contributed by atoms with E-state index < -0.39 is 15.8 Å². The molecular weight excluding hydrogens is 759 g/mol. The van der Waals surface area contributed by atoms with Gasteiger partial charge in [0.05, 0.1) is 0 Å². The molecule has 0 amide bonds. The third-order valence-electron chi connectivity index (χ3n) is 12.8. The van der Waals surface area contributed by atoms with Crippen molar-refractivity contribution in [2.45, 2.75) is 138 Å². The van der Waals surface area contributed by atoms with Crippen LogP contribution in [0.3, 0.4) is 0 Å². The third-order valence-corrected chi connectivity index (χ3v) is 18.5. The molecule has 0 nitrogen and oxygen atoms in total. The molecule has 0 N–H and O–H groups in total. The highest BCUT2D eigenvalue weighted by atomic mass is 31.1. The minimum atomic E-state index is -0.841. The van der Waals surface area contributed by atoms with Crippen LogP contribution in [0.5, 0.6) is 0 Å². The van der Waals surface area contributed by atoms with Crippen molar-refractivity contribution in [3.05, 3.63) is 189 Å². The van der Waals surface area contributed by atoms with Crippen LogP contribution in [-0.4, -0.2) is 0 Å². The molecule has 2 unspecified atom stereocenters. The van der Waals surface area contributed by atoms with E-state index in [1.54, 1.807) is 21.2 Å². The van der Waals surface area contributed by atoms with E-state index >= 15 is 0 Å². The minimum Gasteiger partial charge on any atom is -0.0654 e. The van der Waals surface area contributed by atoms with E-state index in [1.807, 2.05) is 0 Å². The van der Waals surface area contributed by atoms with Gasteiger partial charge in [-0.15, -0.1) is 0 Å². The van der Waals surface area contributed by atoms with Crippen LogP contribution in [-0.2, 0) is 51.4 Å². The molecule has 60 heavy (non-hydrogen) atoms. The summed E-state index contributed by atoms with van der Waals surface area (Å²) in [6.45, 7) is 21.2. The van der Waals surface area contributed by atoms with Crippen LogP contribution in [0.4, 0.5) is 0 Å². The first kappa shape index (κ1) is 45.7. The SMILES string of the molecule is CCCC(C(c1ccccc1)P(c1cc(CC)cc(CC)c1)c1cc(CC)cc(CC)c1)C(c1ccccc1)P(c1cc(CC)cc(CC)c1)c1cc(CC)cc(CC)c1. The summed E-state index contributed by atoms with van der Waals surface area (Å²) >= 11 is 0. The monoisotopic (exact) mass is 831 g/mol. The third kappa shape index (κ3) is 10.8. The van der Waals surface area contributed by atoms with E-state index in [9.17, 15) is 0 Å². The summed E-state index contributed by atoms with van der Waals surface area (Å²) in [6.07, 6.45) is 10.7. The summed E-state index contributed by atoms with van der Waals surface area (Å²) in [5.74, 6) is 0.369. The maximum Gasteiger partial charge on any atom is 0.0160 e. The van der Waals surface area contributed by atoms with Crippen LogP contribution < -0.4 is 21.2 Å². The average molecular weight is 831 g/mol. The van der Waals surface area contributed by atoms with E-state index in [0.717, 1.165) is 64.2 Å². The molecule has 0 saturated carbocycles. The maximum absolute atomic E-state index is 2.62. The van der Waals surface area contributed by atoms with Gasteiger partial charge in [-0.25, -0.2) is 0 Å². The van der Waals surface area contributed by atoms with Crippen molar-refractivity contribution in [2.75, 3.05) is 0 Å². The predicted octanol–water partition coefficient (Wildman–Crippen LogP) is 14.7. The van der Waals surface area contributed by atoms with E-state index in [-0.39, 0.29) is 0 Å². The lowest BCUT2D eigenvalue weighted by Crippen LogP contribution is -2.30. The number of aryl methyl sites for hydroxylation is 8. The molecule has 2 atom stereocenters. The van der Waals surface area contributed by atoms with Gasteiger partial charge < -0.3 is 0 Å². The van der Waals surface area contributed by atoms with E-state index in [2.05, 4.69) is 196 Å². The number of benzene rings is 6. The largest absolute Gasteiger partial charge is 0.0654 e. The van der Waals surface area contributed by atoms with Crippen LogP contribution in [0.2, 0.25) is 0 Å². The highest BCUT2D eigenvalue weighted by Gasteiger charge is 2.42. The summed E-state index contributed by atoms with van der Waals surface area (Å²) in [7, 11) is -1.68. The zero-order valence-corrected chi connectivity index (χ0v) is 40.2. The Bertz CT molecular complexity index is 1890. The van der Waals surface area contributed by atoms with Gasteiger partial charge in [0.2, 0.25) is 0 Å². The molecule has 6 aromatic rings. The second-order valence-corrected chi connectivity index (χ2v) is 21.4. The Morgan fingerprint density at radius 3 is 0.750 bits per heavy atom. The molecule has 0 saturated heterocycles. The lowest BCUT2D eigenvalue weighted by atomic mass is 9.88. The molecule has 6 aromatic carbocycles. The fraction of sp³-hybridized carbons (Fsp3) is 0.379. The van der Waals surface area contributed by atoms with Crippen molar-refractivity contribution in [1.82, 2.24) is 0 Å². The lowest BCUT2D eigenvalue weighted by molar-refractivity contribution is 0.451.